The van der Waals surface area contributed by atoms with E-state index in [0.717, 1.165) is 14.7 Å². The number of nitrogens with zero attached hydrogens (tertiary/aromatic N) is 2. The van der Waals surface area contributed by atoms with Crippen LogP contribution in [-0.4, -0.2) is 21.0 Å². The third-order valence-corrected chi connectivity index (χ3v) is 4.07. The van der Waals surface area contributed by atoms with Crippen LogP contribution in [0, 0.1) is 6.92 Å². The van der Waals surface area contributed by atoms with Crippen molar-refractivity contribution >= 4 is 34.2 Å². The van der Waals surface area contributed by atoms with Crippen LogP contribution in [0.3, 0.4) is 0 Å². The van der Waals surface area contributed by atoms with Gasteiger partial charge in [0.2, 0.25) is 0 Å². The molecule has 2 heterocycles. The van der Waals surface area contributed by atoms with E-state index in [1.807, 2.05) is 6.92 Å². The number of anilines is 1. The molecule has 7 heteroatoms. The highest BCUT2D eigenvalue weighted by Crippen LogP contribution is 2.34. The number of carboxylic acids is 1. The zero-order valence-electron chi connectivity index (χ0n) is 8.88. The first-order valence-electron chi connectivity index (χ1n) is 4.65. The molecular weight excluding hydrogens is 258 g/mol. The van der Waals surface area contributed by atoms with Gasteiger partial charge in [0, 0.05) is 11.1 Å². The van der Waals surface area contributed by atoms with Crippen molar-refractivity contribution in [3.8, 4) is 0 Å². The molecule has 0 bridgehead atoms. The monoisotopic (exact) mass is 267 g/mol. The number of aromatic nitrogens is 2. The number of pyridine rings is 1. The van der Waals surface area contributed by atoms with E-state index in [1.54, 1.807) is 18.5 Å². The molecule has 0 radical (unpaired) electrons. The summed E-state index contributed by atoms with van der Waals surface area (Å²) in [7, 11) is 0. The van der Waals surface area contributed by atoms with E-state index < -0.39 is 5.97 Å². The number of nitrogens with two attached hydrogens (primary N) is 1. The van der Waals surface area contributed by atoms with Crippen LogP contribution in [0.15, 0.2) is 27.6 Å². The molecular formula is C10H9N3O2S2. The average Bonchev–Trinajstić information content (AvgIpc) is 2.67. The summed E-state index contributed by atoms with van der Waals surface area (Å²) in [6.45, 7) is 1.88. The van der Waals surface area contributed by atoms with Gasteiger partial charge in [-0.15, -0.1) is 0 Å². The molecule has 0 spiro atoms. The zero-order valence-corrected chi connectivity index (χ0v) is 10.5. The SMILES string of the molecule is Cc1cnc(C(=O)O)cc1Sc1cnc(N)s1. The second-order valence-electron chi connectivity index (χ2n) is 3.26. The van der Waals surface area contributed by atoms with Crippen molar-refractivity contribution in [3.63, 3.8) is 0 Å². The molecule has 0 saturated carbocycles. The molecule has 0 aromatic carbocycles. The highest BCUT2D eigenvalue weighted by atomic mass is 32.2. The molecule has 17 heavy (non-hydrogen) atoms. The molecule has 0 unspecified atom stereocenters. The normalized spacial score (nSPS) is 10.4. The molecule has 88 valence electrons. The van der Waals surface area contributed by atoms with Gasteiger partial charge in [-0.3, -0.25) is 0 Å². The molecule has 0 aliphatic rings. The number of hydrogen-bond donors (Lipinski definition) is 2. The number of aryl methyl sites for hydroxylation is 1. The van der Waals surface area contributed by atoms with Crippen molar-refractivity contribution in [1.82, 2.24) is 9.97 Å². The van der Waals surface area contributed by atoms with Crippen molar-refractivity contribution in [2.24, 2.45) is 0 Å². The molecule has 0 saturated heterocycles. The predicted molar refractivity (Wildman–Crippen MR) is 66.6 cm³/mol. The minimum Gasteiger partial charge on any atom is -0.477 e. The molecule has 5 nitrogen and oxygen atoms in total. The first-order chi connectivity index (χ1) is 8.06. The minimum absolute atomic E-state index is 0.0376. The summed E-state index contributed by atoms with van der Waals surface area (Å²) in [6.07, 6.45) is 3.22. The Bertz CT molecular complexity index is 568. The average molecular weight is 267 g/mol. The Balaban J connectivity index is 2.31. The van der Waals surface area contributed by atoms with Crippen molar-refractivity contribution in [1.29, 1.82) is 0 Å². The quantitative estimate of drug-likeness (QED) is 0.886. The highest BCUT2D eigenvalue weighted by molar-refractivity contribution is 8.01. The Morgan fingerprint density at radius 3 is 2.82 bits per heavy atom. The van der Waals surface area contributed by atoms with E-state index >= 15 is 0 Å². The summed E-state index contributed by atoms with van der Waals surface area (Å²) < 4.78 is 0.924. The van der Waals surface area contributed by atoms with E-state index in [2.05, 4.69) is 9.97 Å². The number of thiazole rings is 1. The lowest BCUT2D eigenvalue weighted by molar-refractivity contribution is 0.0690. The second kappa shape index (κ2) is 4.72. The first-order valence-corrected chi connectivity index (χ1v) is 6.28. The van der Waals surface area contributed by atoms with E-state index in [0.29, 0.717) is 5.13 Å². The molecule has 2 rings (SSSR count). The van der Waals surface area contributed by atoms with Gasteiger partial charge in [0.15, 0.2) is 5.13 Å². The van der Waals surface area contributed by atoms with Crippen LogP contribution in [0.4, 0.5) is 5.13 Å². The van der Waals surface area contributed by atoms with E-state index in [1.165, 1.54) is 23.1 Å². The number of aromatic carboxylic acids is 1. The summed E-state index contributed by atoms with van der Waals surface area (Å²) in [6, 6.07) is 1.55. The number of rotatable bonds is 3. The zero-order chi connectivity index (χ0) is 12.4. The highest BCUT2D eigenvalue weighted by Gasteiger charge is 2.10. The first kappa shape index (κ1) is 11.9. The number of carboxylic acid groups (broad SMARTS) is 1. The number of carbonyl (C=O) groups is 1. The number of nitrogen functional groups attached to an aromatic ring is 1. The molecule has 2 aromatic rings. The third-order valence-electron chi connectivity index (χ3n) is 1.99. The van der Waals surface area contributed by atoms with Crippen LogP contribution in [0.25, 0.3) is 0 Å². The summed E-state index contributed by atoms with van der Waals surface area (Å²) in [5.41, 5.74) is 6.50. The van der Waals surface area contributed by atoms with E-state index in [-0.39, 0.29) is 5.69 Å². The summed E-state index contributed by atoms with van der Waals surface area (Å²) >= 11 is 2.81. The molecule has 0 fully saturated rings. The molecule has 0 aliphatic heterocycles. The summed E-state index contributed by atoms with van der Waals surface area (Å²) in [5.74, 6) is -1.03. The Kier molecular flexibility index (Phi) is 3.30. The van der Waals surface area contributed by atoms with Gasteiger partial charge in [-0.05, 0) is 18.6 Å². The maximum Gasteiger partial charge on any atom is 0.354 e. The lowest BCUT2D eigenvalue weighted by Crippen LogP contribution is -2.00. The smallest absolute Gasteiger partial charge is 0.354 e. The largest absolute Gasteiger partial charge is 0.477 e. The van der Waals surface area contributed by atoms with Gasteiger partial charge in [-0.2, -0.15) is 0 Å². The molecule has 0 amide bonds. The molecule has 0 aliphatic carbocycles. The molecule has 3 N–H and O–H groups in total. The molecule has 2 aromatic heterocycles. The van der Waals surface area contributed by atoms with E-state index in [4.69, 9.17) is 10.8 Å². The maximum atomic E-state index is 10.8. The van der Waals surface area contributed by atoms with Gasteiger partial charge in [-0.25, -0.2) is 14.8 Å². The van der Waals surface area contributed by atoms with Crippen molar-refractivity contribution in [2.75, 3.05) is 5.73 Å². The number of hydrogen-bond acceptors (Lipinski definition) is 6. The summed E-state index contributed by atoms with van der Waals surface area (Å²) in [5, 5.41) is 9.37. The van der Waals surface area contributed by atoms with E-state index in [9.17, 15) is 4.79 Å². The maximum absolute atomic E-state index is 10.8. The van der Waals surface area contributed by atoms with Crippen LogP contribution in [0.5, 0.6) is 0 Å². The second-order valence-corrected chi connectivity index (χ2v) is 5.66. The Morgan fingerprint density at radius 2 is 2.24 bits per heavy atom. The third kappa shape index (κ3) is 2.75. The summed E-state index contributed by atoms with van der Waals surface area (Å²) in [4.78, 5) is 19.4. The van der Waals surface area contributed by atoms with Crippen LogP contribution in [0.2, 0.25) is 0 Å². The van der Waals surface area contributed by atoms with Crippen LogP contribution in [0.1, 0.15) is 16.1 Å². The van der Waals surface area contributed by atoms with Crippen molar-refractivity contribution in [2.45, 2.75) is 16.0 Å². The Morgan fingerprint density at radius 1 is 1.47 bits per heavy atom. The minimum atomic E-state index is -1.03. The van der Waals surface area contributed by atoms with Crippen molar-refractivity contribution in [3.05, 3.63) is 29.7 Å². The lowest BCUT2D eigenvalue weighted by atomic mass is 10.3. The van der Waals surface area contributed by atoms with Crippen molar-refractivity contribution < 1.29 is 9.90 Å². The van der Waals surface area contributed by atoms with Gasteiger partial charge in [0.1, 0.15) is 5.69 Å². The Hall–Kier alpha value is -1.60. The fourth-order valence-corrected chi connectivity index (χ4v) is 2.98. The fraction of sp³-hybridized carbons (Fsp3) is 0.100. The van der Waals surface area contributed by atoms with Gasteiger partial charge in [0.25, 0.3) is 0 Å². The lowest BCUT2D eigenvalue weighted by Gasteiger charge is -2.03. The molecule has 0 atom stereocenters. The van der Waals surface area contributed by atoms with Gasteiger partial charge < -0.3 is 10.8 Å². The fourth-order valence-electron chi connectivity index (χ4n) is 1.16. The van der Waals surface area contributed by atoms with Gasteiger partial charge >= 0.3 is 5.97 Å². The predicted octanol–water partition coefficient (Wildman–Crippen LogP) is 2.28. The van der Waals surface area contributed by atoms with Crippen LogP contribution in [-0.2, 0) is 0 Å². The van der Waals surface area contributed by atoms with Crippen LogP contribution < -0.4 is 5.73 Å². The topological polar surface area (TPSA) is 89.1 Å². The standard InChI is InChI=1S/C10H9N3O2S2/c1-5-3-12-6(9(14)15)2-7(5)16-8-4-13-10(11)17-8/h2-4H,1H3,(H2,11,13)(H,14,15). The van der Waals surface area contributed by atoms with Gasteiger partial charge in [0.05, 0.1) is 10.4 Å². The van der Waals surface area contributed by atoms with Crippen LogP contribution >= 0.6 is 23.1 Å². The Labute approximate surface area is 106 Å². The van der Waals surface area contributed by atoms with Gasteiger partial charge in [-0.1, -0.05) is 23.1 Å².